The normalized spacial score (nSPS) is 13.4. The third kappa shape index (κ3) is 6.38. The topological polar surface area (TPSA) is 111 Å². The number of halogens is 2. The van der Waals surface area contributed by atoms with Crippen LogP contribution in [0.15, 0.2) is 48.7 Å². The maximum atomic E-state index is 11.7. The van der Waals surface area contributed by atoms with Crippen LogP contribution in [0.3, 0.4) is 0 Å². The molecule has 176 valence electrons. The van der Waals surface area contributed by atoms with Crippen LogP contribution in [0.25, 0.3) is 0 Å². The number of fused-ring (bicyclic) bond motifs is 1. The Morgan fingerprint density at radius 3 is 2.64 bits per heavy atom. The van der Waals surface area contributed by atoms with Crippen molar-refractivity contribution >= 4 is 68.5 Å². The summed E-state index contributed by atoms with van der Waals surface area (Å²) in [4.78, 5) is 11.0. The molecule has 33 heavy (non-hydrogen) atoms. The van der Waals surface area contributed by atoms with Gasteiger partial charge in [0.05, 0.1) is 23.8 Å². The molecule has 0 aliphatic carbocycles. The zero-order chi connectivity index (χ0) is 22.7. The maximum Gasteiger partial charge on any atom is 0.229 e. The number of rotatable bonds is 6. The monoisotopic (exact) mass is 509 g/mol. The first-order valence-electron chi connectivity index (χ1n) is 9.97. The molecule has 0 radical (unpaired) electrons. The highest BCUT2D eigenvalue weighted by atomic mass is 35.5. The minimum atomic E-state index is -3.44. The van der Waals surface area contributed by atoms with Crippen LogP contribution in [-0.4, -0.2) is 44.8 Å². The lowest BCUT2D eigenvalue weighted by molar-refractivity contribution is 0.607. The van der Waals surface area contributed by atoms with Crippen molar-refractivity contribution in [1.82, 2.24) is 15.3 Å². The van der Waals surface area contributed by atoms with Crippen molar-refractivity contribution < 1.29 is 8.42 Å². The molecule has 0 atom stereocenters. The molecule has 2 aromatic carbocycles. The summed E-state index contributed by atoms with van der Waals surface area (Å²) in [7, 11) is -1.37. The predicted octanol–water partition coefficient (Wildman–Crippen LogP) is 3.95. The molecule has 3 aromatic rings. The molecule has 1 aliphatic heterocycles. The summed E-state index contributed by atoms with van der Waals surface area (Å²) in [6.45, 7) is 2.67. The Hall–Kier alpha value is -2.79. The van der Waals surface area contributed by atoms with Crippen LogP contribution in [0.5, 0.6) is 0 Å². The smallest absolute Gasteiger partial charge is 0.229 e. The Labute approximate surface area is 204 Å². The Kier molecular flexibility index (Phi) is 7.85. The molecule has 4 rings (SSSR count). The van der Waals surface area contributed by atoms with E-state index in [-0.39, 0.29) is 12.4 Å². The fourth-order valence-corrected chi connectivity index (χ4v) is 4.11. The van der Waals surface area contributed by atoms with E-state index in [1.165, 1.54) is 11.8 Å². The molecule has 0 amide bonds. The van der Waals surface area contributed by atoms with Crippen molar-refractivity contribution in [1.29, 1.82) is 0 Å². The summed E-state index contributed by atoms with van der Waals surface area (Å²) in [6, 6.07) is 13.0. The van der Waals surface area contributed by atoms with Crippen molar-refractivity contribution in [2.45, 2.75) is 6.54 Å². The van der Waals surface area contributed by atoms with Crippen molar-refractivity contribution in [3.8, 4) is 0 Å². The van der Waals surface area contributed by atoms with Crippen LogP contribution in [0.2, 0.25) is 5.02 Å². The molecule has 1 aromatic heterocycles. The first-order chi connectivity index (χ1) is 15.3. The van der Waals surface area contributed by atoms with E-state index in [1.54, 1.807) is 24.3 Å². The van der Waals surface area contributed by atoms with E-state index in [1.807, 2.05) is 6.07 Å². The molecule has 0 fully saturated rings. The van der Waals surface area contributed by atoms with E-state index in [2.05, 4.69) is 54.7 Å². The summed E-state index contributed by atoms with van der Waals surface area (Å²) >= 11 is 6.30. The van der Waals surface area contributed by atoms with E-state index >= 15 is 0 Å². The summed E-state index contributed by atoms with van der Waals surface area (Å²) < 4.78 is 25.8. The Morgan fingerprint density at radius 1 is 1.12 bits per heavy atom. The molecule has 0 spiro atoms. The third-order valence-electron chi connectivity index (χ3n) is 4.91. The lowest BCUT2D eigenvalue weighted by Gasteiger charge is -2.20. The van der Waals surface area contributed by atoms with Gasteiger partial charge in [0, 0.05) is 38.1 Å². The van der Waals surface area contributed by atoms with Crippen LogP contribution in [0.4, 0.5) is 34.5 Å². The van der Waals surface area contributed by atoms with Crippen LogP contribution in [-0.2, 0) is 16.6 Å². The molecule has 12 heteroatoms. The fraction of sp³-hybridized carbons (Fsp3) is 0.238. The van der Waals surface area contributed by atoms with Gasteiger partial charge in [0.1, 0.15) is 5.02 Å². The number of sulfonamides is 1. The quantitative estimate of drug-likeness (QED) is 0.395. The number of nitrogens with zero attached hydrogens (tertiary/aromatic N) is 3. The van der Waals surface area contributed by atoms with Gasteiger partial charge in [0.2, 0.25) is 16.0 Å². The van der Waals surface area contributed by atoms with Crippen LogP contribution < -0.4 is 25.6 Å². The Morgan fingerprint density at radius 2 is 1.88 bits per heavy atom. The van der Waals surface area contributed by atoms with Gasteiger partial charge in [-0.3, -0.25) is 4.72 Å². The molecule has 0 saturated heterocycles. The number of para-hydroxylation sites is 2. The first-order valence-corrected chi connectivity index (χ1v) is 12.2. The van der Waals surface area contributed by atoms with E-state index in [9.17, 15) is 8.42 Å². The van der Waals surface area contributed by atoms with Gasteiger partial charge in [0.25, 0.3) is 0 Å². The summed E-state index contributed by atoms with van der Waals surface area (Å²) in [6.07, 6.45) is 2.59. The molecular weight excluding hydrogens is 485 g/mol. The lowest BCUT2D eigenvalue weighted by Crippen LogP contribution is -2.24. The molecule has 9 nitrogen and oxygen atoms in total. The van der Waals surface area contributed by atoms with Gasteiger partial charge in [-0.15, -0.1) is 12.4 Å². The third-order valence-corrected chi connectivity index (χ3v) is 5.78. The van der Waals surface area contributed by atoms with Gasteiger partial charge in [-0.2, -0.15) is 4.98 Å². The summed E-state index contributed by atoms with van der Waals surface area (Å²) in [5.74, 6) is 0.711. The molecule has 0 saturated carbocycles. The average Bonchev–Trinajstić information content (AvgIpc) is 2.92. The molecule has 0 unspecified atom stereocenters. The van der Waals surface area contributed by atoms with Gasteiger partial charge in [-0.1, -0.05) is 29.8 Å². The van der Waals surface area contributed by atoms with Gasteiger partial charge in [0.15, 0.2) is 5.82 Å². The van der Waals surface area contributed by atoms with Crippen LogP contribution in [0.1, 0.15) is 5.56 Å². The van der Waals surface area contributed by atoms with Crippen molar-refractivity contribution in [3.05, 3.63) is 59.2 Å². The maximum absolute atomic E-state index is 11.7. The molecule has 1 aliphatic rings. The standard InChI is InChI=1S/C21H24ClN7O2S.ClH/c1-29-10-9-23-12-14-7-8-15(11-19(14)29)25-21-24-13-16(22)20(27-21)26-17-5-3-4-6-18(17)28-32(2,30)31;/h3-8,11,13,23,28H,9-10,12H2,1-2H3,(H2,24,25,26,27);1H. The summed E-state index contributed by atoms with van der Waals surface area (Å²) in [5, 5.41) is 10.0. The van der Waals surface area contributed by atoms with E-state index < -0.39 is 10.0 Å². The number of benzene rings is 2. The number of nitrogens with one attached hydrogen (secondary N) is 4. The highest BCUT2D eigenvalue weighted by molar-refractivity contribution is 7.92. The molecule has 0 bridgehead atoms. The van der Waals surface area contributed by atoms with Gasteiger partial charge in [-0.25, -0.2) is 13.4 Å². The largest absolute Gasteiger partial charge is 0.373 e. The second kappa shape index (κ2) is 10.4. The number of anilines is 6. The predicted molar refractivity (Wildman–Crippen MR) is 137 cm³/mol. The number of likely N-dealkylation sites (N-methyl/N-ethyl adjacent to an activating group) is 1. The van der Waals surface area contributed by atoms with Gasteiger partial charge in [-0.05, 0) is 29.8 Å². The van der Waals surface area contributed by atoms with Crippen molar-refractivity contribution in [3.63, 3.8) is 0 Å². The van der Waals surface area contributed by atoms with Gasteiger partial charge < -0.3 is 20.9 Å². The van der Waals surface area contributed by atoms with Crippen molar-refractivity contribution in [2.75, 3.05) is 46.6 Å². The second-order valence-electron chi connectivity index (χ2n) is 7.50. The van der Waals surface area contributed by atoms with Crippen molar-refractivity contribution in [2.24, 2.45) is 0 Å². The minimum Gasteiger partial charge on any atom is -0.373 e. The highest BCUT2D eigenvalue weighted by Gasteiger charge is 2.14. The molecular formula is C21H25Cl2N7O2S. The fourth-order valence-electron chi connectivity index (χ4n) is 3.39. The molecule has 2 heterocycles. The van der Waals surface area contributed by atoms with E-state index in [0.29, 0.717) is 28.2 Å². The minimum absolute atomic E-state index is 0. The molecule has 4 N–H and O–H groups in total. The van der Waals surface area contributed by atoms with Gasteiger partial charge >= 0.3 is 0 Å². The first kappa shape index (κ1) is 24.8. The Balaban J connectivity index is 0.00000306. The Bertz CT molecular complexity index is 1240. The number of hydrogen-bond donors (Lipinski definition) is 4. The number of hydrogen-bond acceptors (Lipinski definition) is 8. The SMILES string of the molecule is CN1CCNCc2ccc(Nc3ncc(Cl)c(Nc4ccccc4NS(C)(=O)=O)n3)cc21.Cl. The average molecular weight is 510 g/mol. The highest BCUT2D eigenvalue weighted by Crippen LogP contribution is 2.31. The van der Waals surface area contributed by atoms with Crippen LogP contribution in [0, 0.1) is 0 Å². The second-order valence-corrected chi connectivity index (χ2v) is 9.66. The zero-order valence-electron chi connectivity index (χ0n) is 18.1. The van der Waals surface area contributed by atoms with E-state index in [0.717, 1.165) is 37.3 Å². The summed E-state index contributed by atoms with van der Waals surface area (Å²) in [5.41, 5.74) is 4.13. The lowest BCUT2D eigenvalue weighted by atomic mass is 10.1. The van der Waals surface area contributed by atoms with Crippen LogP contribution >= 0.6 is 24.0 Å². The van der Waals surface area contributed by atoms with E-state index in [4.69, 9.17) is 11.6 Å². The zero-order valence-corrected chi connectivity index (χ0v) is 20.5. The number of aromatic nitrogens is 2.